The Hall–Kier alpha value is -2.70. The van der Waals surface area contributed by atoms with Gasteiger partial charge in [0.15, 0.2) is 0 Å². The first-order chi connectivity index (χ1) is 8.24. The lowest BCUT2D eigenvalue weighted by molar-refractivity contribution is 0.0945. The SMILES string of the molecule is Nc1ncn(C(=O)c2ccc3[nH]ncc3c2)n1. The smallest absolute Gasteiger partial charge is 0.279 e. The molecule has 7 nitrogen and oxygen atoms in total. The molecule has 0 saturated heterocycles. The van der Waals surface area contributed by atoms with Crippen LogP contribution in [0.4, 0.5) is 5.95 Å². The molecule has 17 heavy (non-hydrogen) atoms. The van der Waals surface area contributed by atoms with E-state index in [-0.39, 0.29) is 11.9 Å². The minimum Gasteiger partial charge on any atom is -0.366 e. The highest BCUT2D eigenvalue weighted by Gasteiger charge is 2.11. The quantitative estimate of drug-likeness (QED) is 0.628. The Morgan fingerprint density at radius 2 is 2.29 bits per heavy atom. The summed E-state index contributed by atoms with van der Waals surface area (Å²) in [4.78, 5) is 15.7. The molecule has 7 heteroatoms. The van der Waals surface area contributed by atoms with Crippen molar-refractivity contribution in [2.75, 3.05) is 5.73 Å². The molecule has 3 rings (SSSR count). The number of aromatic amines is 1. The maximum absolute atomic E-state index is 12.0. The molecule has 0 atom stereocenters. The predicted molar refractivity (Wildman–Crippen MR) is 60.3 cm³/mol. The summed E-state index contributed by atoms with van der Waals surface area (Å²) in [5.74, 6) is -0.208. The number of nitrogens with one attached hydrogen (secondary N) is 1. The van der Waals surface area contributed by atoms with Crippen LogP contribution < -0.4 is 5.73 Å². The predicted octanol–water partition coefficient (Wildman–Crippen LogP) is 0.425. The fourth-order valence-electron chi connectivity index (χ4n) is 1.58. The third-order valence-corrected chi connectivity index (χ3v) is 2.40. The van der Waals surface area contributed by atoms with Crippen LogP contribution in [0.3, 0.4) is 0 Å². The highest BCUT2D eigenvalue weighted by Crippen LogP contribution is 2.13. The minimum atomic E-state index is -0.280. The fourth-order valence-corrected chi connectivity index (χ4v) is 1.58. The molecule has 0 saturated carbocycles. The molecule has 0 aliphatic rings. The van der Waals surface area contributed by atoms with Crippen molar-refractivity contribution < 1.29 is 4.79 Å². The van der Waals surface area contributed by atoms with E-state index >= 15 is 0 Å². The highest BCUT2D eigenvalue weighted by atomic mass is 16.2. The maximum atomic E-state index is 12.0. The van der Waals surface area contributed by atoms with Gasteiger partial charge in [-0.15, -0.1) is 5.10 Å². The molecule has 0 spiro atoms. The minimum absolute atomic E-state index is 0.0720. The molecule has 0 aliphatic carbocycles. The summed E-state index contributed by atoms with van der Waals surface area (Å²) in [6.07, 6.45) is 2.94. The van der Waals surface area contributed by atoms with Gasteiger partial charge >= 0.3 is 0 Å². The zero-order valence-corrected chi connectivity index (χ0v) is 8.66. The largest absolute Gasteiger partial charge is 0.366 e. The van der Waals surface area contributed by atoms with Crippen molar-refractivity contribution in [1.82, 2.24) is 25.0 Å². The molecule has 2 heterocycles. The molecule has 2 aromatic heterocycles. The molecule has 1 aromatic carbocycles. The normalized spacial score (nSPS) is 10.8. The van der Waals surface area contributed by atoms with E-state index in [0.29, 0.717) is 5.56 Å². The summed E-state index contributed by atoms with van der Waals surface area (Å²) in [5.41, 5.74) is 6.74. The number of H-pyrrole nitrogens is 1. The van der Waals surface area contributed by atoms with Gasteiger partial charge < -0.3 is 5.73 Å². The van der Waals surface area contributed by atoms with Gasteiger partial charge in [0.2, 0.25) is 5.95 Å². The lowest BCUT2D eigenvalue weighted by Gasteiger charge is -1.99. The second-order valence-electron chi connectivity index (χ2n) is 3.52. The van der Waals surface area contributed by atoms with Crippen LogP contribution >= 0.6 is 0 Å². The van der Waals surface area contributed by atoms with E-state index in [2.05, 4.69) is 20.3 Å². The van der Waals surface area contributed by atoms with Gasteiger partial charge in [0, 0.05) is 10.9 Å². The first-order valence-electron chi connectivity index (χ1n) is 4.89. The number of carbonyl (C=O) groups excluding carboxylic acids is 1. The molecule has 84 valence electrons. The van der Waals surface area contributed by atoms with E-state index < -0.39 is 0 Å². The second-order valence-corrected chi connectivity index (χ2v) is 3.52. The average Bonchev–Trinajstić information content (AvgIpc) is 2.95. The lowest BCUT2D eigenvalue weighted by atomic mass is 10.1. The van der Waals surface area contributed by atoms with Crippen LogP contribution in [0.5, 0.6) is 0 Å². The molecule has 0 radical (unpaired) electrons. The number of nitrogens with zero attached hydrogens (tertiary/aromatic N) is 4. The zero-order chi connectivity index (χ0) is 11.8. The Morgan fingerprint density at radius 1 is 1.41 bits per heavy atom. The van der Waals surface area contributed by atoms with Crippen LogP contribution in [0, 0.1) is 0 Å². The van der Waals surface area contributed by atoms with Crippen molar-refractivity contribution in [3.8, 4) is 0 Å². The third kappa shape index (κ3) is 1.53. The van der Waals surface area contributed by atoms with Gasteiger partial charge in [0.25, 0.3) is 5.91 Å². The standard InChI is InChI=1S/C10H8N6O/c11-10-12-5-16(15-10)9(17)6-1-2-8-7(3-6)4-13-14-8/h1-5H,(H2,11,15)(H,13,14). The van der Waals surface area contributed by atoms with E-state index in [1.54, 1.807) is 24.4 Å². The second kappa shape index (κ2) is 3.41. The van der Waals surface area contributed by atoms with Crippen LogP contribution in [-0.4, -0.2) is 30.9 Å². The summed E-state index contributed by atoms with van der Waals surface area (Å²) < 4.78 is 1.11. The van der Waals surface area contributed by atoms with E-state index in [0.717, 1.165) is 15.6 Å². The molecular weight excluding hydrogens is 220 g/mol. The van der Waals surface area contributed by atoms with Crippen LogP contribution in [0.15, 0.2) is 30.7 Å². The van der Waals surface area contributed by atoms with Crippen molar-refractivity contribution >= 4 is 22.8 Å². The summed E-state index contributed by atoms with van der Waals surface area (Å²) in [5, 5.41) is 11.3. The maximum Gasteiger partial charge on any atom is 0.279 e. The Bertz CT molecular complexity index is 697. The Kier molecular flexibility index (Phi) is 1.91. The first kappa shape index (κ1) is 9.52. The van der Waals surface area contributed by atoms with Gasteiger partial charge in [-0.1, -0.05) is 0 Å². The molecule has 0 bridgehead atoms. The number of anilines is 1. The number of benzene rings is 1. The third-order valence-electron chi connectivity index (χ3n) is 2.40. The van der Waals surface area contributed by atoms with Gasteiger partial charge in [-0.05, 0) is 18.2 Å². The van der Waals surface area contributed by atoms with E-state index in [4.69, 9.17) is 5.73 Å². The van der Waals surface area contributed by atoms with Crippen molar-refractivity contribution in [2.45, 2.75) is 0 Å². The molecule has 3 N–H and O–H groups in total. The van der Waals surface area contributed by atoms with E-state index in [9.17, 15) is 4.79 Å². The van der Waals surface area contributed by atoms with Gasteiger partial charge in [-0.25, -0.2) is 4.98 Å². The molecule has 0 unspecified atom stereocenters. The van der Waals surface area contributed by atoms with Crippen LogP contribution in [0.2, 0.25) is 0 Å². The summed E-state index contributed by atoms with van der Waals surface area (Å²) >= 11 is 0. The molecule has 0 aliphatic heterocycles. The Balaban J connectivity index is 2.05. The first-order valence-corrected chi connectivity index (χ1v) is 4.89. The molecule has 3 aromatic rings. The Morgan fingerprint density at radius 3 is 3.06 bits per heavy atom. The van der Waals surface area contributed by atoms with Crippen LogP contribution in [-0.2, 0) is 0 Å². The molecule has 0 amide bonds. The number of fused-ring (bicyclic) bond motifs is 1. The number of aromatic nitrogens is 5. The summed E-state index contributed by atoms with van der Waals surface area (Å²) in [7, 11) is 0. The van der Waals surface area contributed by atoms with E-state index in [1.807, 2.05) is 0 Å². The van der Waals surface area contributed by atoms with Crippen LogP contribution in [0.25, 0.3) is 10.9 Å². The van der Waals surface area contributed by atoms with Crippen LogP contribution in [0.1, 0.15) is 10.4 Å². The average molecular weight is 228 g/mol. The van der Waals surface area contributed by atoms with Crippen molar-refractivity contribution in [3.63, 3.8) is 0 Å². The number of nitrogen functional groups attached to an aromatic ring is 1. The number of carbonyl (C=O) groups is 1. The van der Waals surface area contributed by atoms with Gasteiger partial charge in [0.05, 0.1) is 11.7 Å². The molecule has 0 fully saturated rings. The highest BCUT2D eigenvalue weighted by molar-refractivity contribution is 5.98. The topological polar surface area (TPSA) is 102 Å². The summed E-state index contributed by atoms with van der Waals surface area (Å²) in [6.45, 7) is 0. The number of rotatable bonds is 1. The summed E-state index contributed by atoms with van der Waals surface area (Å²) in [6, 6.07) is 5.22. The van der Waals surface area contributed by atoms with Crippen molar-refractivity contribution in [3.05, 3.63) is 36.3 Å². The van der Waals surface area contributed by atoms with Crippen molar-refractivity contribution in [2.24, 2.45) is 0 Å². The Labute approximate surface area is 95.3 Å². The van der Waals surface area contributed by atoms with Gasteiger partial charge in [-0.3, -0.25) is 9.89 Å². The number of hydrogen-bond donors (Lipinski definition) is 2. The monoisotopic (exact) mass is 228 g/mol. The van der Waals surface area contributed by atoms with Crippen molar-refractivity contribution in [1.29, 1.82) is 0 Å². The number of hydrogen-bond acceptors (Lipinski definition) is 5. The van der Waals surface area contributed by atoms with Gasteiger partial charge in [-0.2, -0.15) is 9.78 Å². The van der Waals surface area contributed by atoms with E-state index in [1.165, 1.54) is 6.33 Å². The van der Waals surface area contributed by atoms with Gasteiger partial charge in [0.1, 0.15) is 6.33 Å². The lowest BCUT2D eigenvalue weighted by Crippen LogP contribution is -2.12. The number of nitrogens with two attached hydrogens (primary N) is 1. The molecular formula is C10H8N6O. The zero-order valence-electron chi connectivity index (χ0n) is 8.66. The fraction of sp³-hybridized carbons (Fsp3) is 0.